The van der Waals surface area contributed by atoms with E-state index in [1.807, 2.05) is 30.3 Å². The first-order chi connectivity index (χ1) is 13.9. The average molecular weight is 432 g/mol. The number of aryl methyl sites for hydroxylation is 1. The summed E-state index contributed by atoms with van der Waals surface area (Å²) < 4.78 is 31.8. The molecule has 0 aliphatic heterocycles. The number of carbonyl (C=O) groups excluding carboxylic acids is 2. The molecule has 30 heavy (non-hydrogen) atoms. The monoisotopic (exact) mass is 431 g/mol. The maximum absolute atomic E-state index is 13.3. The molecule has 7 heteroatoms. The predicted octanol–water partition coefficient (Wildman–Crippen LogP) is 3.31. The molecular weight excluding hydrogens is 402 g/mol. The molecule has 1 N–H and O–H groups in total. The molecule has 0 bridgehead atoms. The van der Waals surface area contributed by atoms with Gasteiger partial charge >= 0.3 is 5.97 Å². The van der Waals surface area contributed by atoms with Crippen molar-refractivity contribution in [2.45, 2.75) is 56.6 Å². The maximum Gasteiger partial charge on any atom is 0.303 e. The number of ether oxygens (including phenoxy) is 1. The molecule has 0 aliphatic carbocycles. The average Bonchev–Trinajstić information content (AvgIpc) is 2.65. The van der Waals surface area contributed by atoms with E-state index in [-0.39, 0.29) is 11.3 Å². The summed E-state index contributed by atoms with van der Waals surface area (Å²) in [6, 6.07) is 17.2. The van der Waals surface area contributed by atoms with E-state index in [0.29, 0.717) is 6.42 Å². The molecule has 162 valence electrons. The van der Waals surface area contributed by atoms with Crippen molar-refractivity contribution < 1.29 is 22.7 Å². The third kappa shape index (κ3) is 6.69. The van der Waals surface area contributed by atoms with Crippen molar-refractivity contribution in [3.8, 4) is 0 Å². The summed E-state index contributed by atoms with van der Waals surface area (Å²) in [4.78, 5) is 25.3. The number of rotatable bonds is 8. The minimum Gasteiger partial charge on any atom is -0.448 e. The molecule has 1 unspecified atom stereocenters. The lowest BCUT2D eigenvalue weighted by Crippen LogP contribution is -2.58. The molecule has 0 saturated carbocycles. The quantitative estimate of drug-likeness (QED) is 0.648. The third-order valence-electron chi connectivity index (χ3n) is 4.43. The Bertz CT molecular complexity index is 966. The number of benzene rings is 2. The summed E-state index contributed by atoms with van der Waals surface area (Å²) in [5, 5.41) is 2.80. The van der Waals surface area contributed by atoms with Crippen molar-refractivity contribution in [3.63, 3.8) is 0 Å². The topological polar surface area (TPSA) is 89.5 Å². The lowest BCUT2D eigenvalue weighted by molar-refractivity contribution is -0.165. The standard InChI is InChI=1S/C23H29NO5S/c1-18(25)29-23(21(26)24-22(2,3)4,16-15-19-11-7-5-8-12-19)17-30(27,28)20-13-9-6-10-14-20/h5-14H,15-17H2,1-4H3,(H,24,26). The van der Waals surface area contributed by atoms with E-state index >= 15 is 0 Å². The van der Waals surface area contributed by atoms with Crippen molar-refractivity contribution in [1.29, 1.82) is 0 Å². The number of hydrogen-bond acceptors (Lipinski definition) is 5. The van der Waals surface area contributed by atoms with Crippen LogP contribution in [-0.4, -0.2) is 37.2 Å². The summed E-state index contributed by atoms with van der Waals surface area (Å²) in [6.07, 6.45) is 0.403. The van der Waals surface area contributed by atoms with Gasteiger partial charge in [0.15, 0.2) is 9.84 Å². The van der Waals surface area contributed by atoms with Gasteiger partial charge in [-0.25, -0.2) is 8.42 Å². The van der Waals surface area contributed by atoms with Gasteiger partial charge in [-0.05, 0) is 44.9 Å². The second kappa shape index (κ2) is 9.43. The van der Waals surface area contributed by atoms with Gasteiger partial charge in [0, 0.05) is 18.9 Å². The number of amides is 1. The van der Waals surface area contributed by atoms with Crippen LogP contribution >= 0.6 is 0 Å². The highest BCUT2D eigenvalue weighted by atomic mass is 32.2. The summed E-state index contributed by atoms with van der Waals surface area (Å²) in [6.45, 7) is 6.53. The van der Waals surface area contributed by atoms with Crippen LogP contribution in [0, 0.1) is 0 Å². The van der Waals surface area contributed by atoms with Crippen LogP contribution in [0.3, 0.4) is 0 Å². The minimum absolute atomic E-state index is 0.0323. The van der Waals surface area contributed by atoms with Gasteiger partial charge in [0.05, 0.1) is 4.90 Å². The van der Waals surface area contributed by atoms with E-state index < -0.39 is 38.6 Å². The van der Waals surface area contributed by atoms with E-state index in [0.717, 1.165) is 5.56 Å². The van der Waals surface area contributed by atoms with Crippen LogP contribution in [0.1, 0.15) is 39.7 Å². The number of hydrogen-bond donors (Lipinski definition) is 1. The van der Waals surface area contributed by atoms with Gasteiger partial charge in [-0.15, -0.1) is 0 Å². The van der Waals surface area contributed by atoms with Crippen molar-refractivity contribution in [2.75, 3.05) is 5.75 Å². The summed E-state index contributed by atoms with van der Waals surface area (Å²) in [5.41, 5.74) is -1.58. The van der Waals surface area contributed by atoms with Crippen LogP contribution in [0.2, 0.25) is 0 Å². The Kier molecular flexibility index (Phi) is 7.42. The van der Waals surface area contributed by atoms with Crippen LogP contribution in [0.4, 0.5) is 0 Å². The van der Waals surface area contributed by atoms with Crippen LogP contribution in [0.5, 0.6) is 0 Å². The SMILES string of the molecule is CC(=O)OC(CCc1ccccc1)(CS(=O)(=O)c1ccccc1)C(=O)NC(C)(C)C. The molecule has 2 aromatic rings. The van der Waals surface area contributed by atoms with E-state index in [2.05, 4.69) is 5.32 Å². The molecule has 0 fully saturated rings. The van der Waals surface area contributed by atoms with Crippen molar-refractivity contribution in [3.05, 3.63) is 66.2 Å². The minimum atomic E-state index is -3.91. The molecule has 2 aromatic carbocycles. The van der Waals surface area contributed by atoms with Gasteiger partial charge in [0.1, 0.15) is 5.75 Å². The Morgan fingerprint density at radius 1 is 0.933 bits per heavy atom. The fourth-order valence-corrected chi connectivity index (χ4v) is 4.80. The van der Waals surface area contributed by atoms with Crippen LogP contribution in [0.15, 0.2) is 65.6 Å². The Labute approximate surface area is 178 Å². The van der Waals surface area contributed by atoms with Gasteiger partial charge in [-0.1, -0.05) is 48.5 Å². The van der Waals surface area contributed by atoms with E-state index in [9.17, 15) is 18.0 Å². The highest BCUT2D eigenvalue weighted by Gasteiger charge is 2.47. The molecule has 0 aliphatic rings. The zero-order valence-electron chi connectivity index (χ0n) is 17.8. The highest BCUT2D eigenvalue weighted by Crippen LogP contribution is 2.27. The molecule has 1 atom stereocenters. The summed E-state index contributed by atoms with van der Waals surface area (Å²) >= 11 is 0. The first-order valence-electron chi connectivity index (χ1n) is 9.77. The largest absolute Gasteiger partial charge is 0.448 e. The molecule has 6 nitrogen and oxygen atoms in total. The Morgan fingerprint density at radius 2 is 1.47 bits per heavy atom. The summed E-state index contributed by atoms with van der Waals surface area (Å²) in [7, 11) is -3.91. The van der Waals surface area contributed by atoms with E-state index in [1.54, 1.807) is 39.0 Å². The van der Waals surface area contributed by atoms with E-state index in [4.69, 9.17) is 4.74 Å². The molecule has 2 rings (SSSR count). The predicted molar refractivity (Wildman–Crippen MR) is 116 cm³/mol. The van der Waals surface area contributed by atoms with Gasteiger partial charge in [-0.3, -0.25) is 9.59 Å². The fraction of sp³-hybridized carbons (Fsp3) is 0.391. The molecule has 0 spiro atoms. The van der Waals surface area contributed by atoms with Crippen LogP contribution < -0.4 is 5.32 Å². The van der Waals surface area contributed by atoms with Crippen molar-refractivity contribution in [1.82, 2.24) is 5.32 Å². The fourth-order valence-electron chi connectivity index (χ4n) is 3.12. The summed E-state index contributed by atoms with van der Waals surface area (Å²) in [5.74, 6) is -1.98. The Hall–Kier alpha value is -2.67. The zero-order valence-corrected chi connectivity index (χ0v) is 18.7. The maximum atomic E-state index is 13.3. The van der Waals surface area contributed by atoms with Gasteiger partial charge < -0.3 is 10.1 Å². The first-order valence-corrected chi connectivity index (χ1v) is 11.4. The Morgan fingerprint density at radius 3 is 1.97 bits per heavy atom. The molecule has 0 aromatic heterocycles. The van der Waals surface area contributed by atoms with Crippen LogP contribution in [0.25, 0.3) is 0 Å². The van der Waals surface area contributed by atoms with Gasteiger partial charge in [-0.2, -0.15) is 0 Å². The number of nitrogens with one attached hydrogen (secondary N) is 1. The lowest BCUT2D eigenvalue weighted by Gasteiger charge is -2.34. The number of sulfone groups is 1. The van der Waals surface area contributed by atoms with Crippen LogP contribution in [-0.2, 0) is 30.6 Å². The van der Waals surface area contributed by atoms with Gasteiger partial charge in [0.2, 0.25) is 5.60 Å². The lowest BCUT2D eigenvalue weighted by atomic mass is 9.93. The third-order valence-corrected chi connectivity index (χ3v) is 6.26. The molecule has 0 saturated heterocycles. The normalized spacial score (nSPS) is 13.9. The number of carbonyl (C=O) groups is 2. The molecule has 0 heterocycles. The first kappa shape index (κ1) is 23.6. The smallest absolute Gasteiger partial charge is 0.303 e. The zero-order chi connectivity index (χ0) is 22.4. The van der Waals surface area contributed by atoms with Gasteiger partial charge in [0.25, 0.3) is 5.91 Å². The number of esters is 1. The molecule has 1 amide bonds. The highest BCUT2D eigenvalue weighted by molar-refractivity contribution is 7.91. The second-order valence-corrected chi connectivity index (χ2v) is 10.3. The molecular formula is C23H29NO5S. The van der Waals surface area contributed by atoms with Crippen molar-refractivity contribution in [2.24, 2.45) is 0 Å². The Balaban J connectivity index is 2.48. The van der Waals surface area contributed by atoms with E-state index in [1.165, 1.54) is 19.1 Å². The van der Waals surface area contributed by atoms with Crippen molar-refractivity contribution >= 4 is 21.7 Å². The molecule has 0 radical (unpaired) electrons. The second-order valence-electron chi connectivity index (χ2n) is 8.35.